The zero-order chi connectivity index (χ0) is 55.1. The van der Waals surface area contributed by atoms with E-state index in [1.807, 2.05) is 0 Å². The van der Waals surface area contributed by atoms with E-state index >= 15 is 0 Å². The molecule has 8 atom stereocenters. The van der Waals surface area contributed by atoms with Crippen molar-refractivity contribution in [2.24, 2.45) is 33.7 Å². The van der Waals surface area contributed by atoms with Crippen LogP contribution in [0.4, 0.5) is 0 Å². The molecule has 0 unspecified atom stereocenters. The average Bonchev–Trinajstić information content (AvgIpc) is 3.34. The van der Waals surface area contributed by atoms with Crippen molar-refractivity contribution in [2.75, 3.05) is 31.6 Å². The number of likely N-dealkylation sites (N-methyl/N-ethyl adjacent to an activating group) is 1. The molecule has 29 heteroatoms. The Bertz CT molecular complexity index is 2360. The van der Waals surface area contributed by atoms with Crippen LogP contribution >= 0.6 is 21.6 Å². The van der Waals surface area contributed by atoms with Crippen molar-refractivity contribution in [1.82, 2.24) is 42.1 Å². The lowest BCUT2D eigenvalue weighted by molar-refractivity contribution is -0.142. The number of aromatic hydroxyl groups is 1. The number of benzene rings is 2. The lowest BCUT2D eigenvalue weighted by Gasteiger charge is -2.31. The van der Waals surface area contributed by atoms with Crippen molar-refractivity contribution in [3.8, 4) is 5.75 Å². The third kappa shape index (κ3) is 21.2. The van der Waals surface area contributed by atoms with E-state index in [4.69, 9.17) is 33.8 Å². The van der Waals surface area contributed by atoms with E-state index in [2.05, 4.69) is 42.2 Å². The van der Waals surface area contributed by atoms with Crippen molar-refractivity contribution >= 4 is 92.6 Å². The van der Waals surface area contributed by atoms with Gasteiger partial charge in [0.1, 0.15) is 54.6 Å². The van der Waals surface area contributed by atoms with Gasteiger partial charge in [0.2, 0.25) is 59.1 Å². The second-order valence-corrected chi connectivity index (χ2v) is 19.5. The van der Waals surface area contributed by atoms with Crippen molar-refractivity contribution < 1.29 is 63.0 Å². The Morgan fingerprint density at radius 2 is 1.27 bits per heavy atom. The van der Waals surface area contributed by atoms with Crippen LogP contribution in [0.5, 0.6) is 5.75 Å². The van der Waals surface area contributed by atoms with Crippen LogP contribution in [0.2, 0.25) is 0 Å². The maximum absolute atomic E-state index is 14.3. The number of carboxylic acids is 1. The van der Waals surface area contributed by atoms with E-state index in [1.165, 1.54) is 38.2 Å². The lowest BCUT2D eigenvalue weighted by Crippen LogP contribution is -2.61. The van der Waals surface area contributed by atoms with Crippen molar-refractivity contribution in [2.45, 2.75) is 100 Å². The van der Waals surface area contributed by atoms with E-state index in [0.717, 1.165) is 26.5 Å². The summed E-state index contributed by atoms with van der Waals surface area (Å²) in [5.41, 5.74) is 29.0. The van der Waals surface area contributed by atoms with Gasteiger partial charge in [0, 0.05) is 44.4 Å². The average molecular weight is 1070 g/mol. The number of aliphatic carboxylic acids is 1. The van der Waals surface area contributed by atoms with Gasteiger partial charge in [-0.05, 0) is 49.4 Å². The Morgan fingerprint density at radius 1 is 0.730 bits per heavy atom. The number of primary amides is 2. The van der Waals surface area contributed by atoms with Crippen molar-refractivity contribution in [3.63, 3.8) is 0 Å². The molecule has 0 spiro atoms. The fourth-order valence-electron chi connectivity index (χ4n) is 6.92. The fourth-order valence-corrected chi connectivity index (χ4v) is 9.20. The summed E-state index contributed by atoms with van der Waals surface area (Å²) in [6.07, 6.45) is -1.98. The molecular weight excluding hydrogens is 1010 g/mol. The highest BCUT2D eigenvalue weighted by Crippen LogP contribution is 2.24. The summed E-state index contributed by atoms with van der Waals surface area (Å²) in [5, 5.41) is 36.3. The molecular formula is C45H64N14O13S2. The molecule has 2 aromatic carbocycles. The van der Waals surface area contributed by atoms with Crippen LogP contribution in [0.15, 0.2) is 59.6 Å². The number of nitrogens with one attached hydrogen (secondary N) is 7. The van der Waals surface area contributed by atoms with Gasteiger partial charge in [-0.3, -0.25) is 57.7 Å². The first-order valence-electron chi connectivity index (χ1n) is 23.0. The summed E-state index contributed by atoms with van der Waals surface area (Å²) in [5.74, 6) is -11.6. The number of carbonyl (C=O) groups excluding carboxylic acids is 10. The largest absolute Gasteiger partial charge is 0.508 e. The third-order valence-electron chi connectivity index (χ3n) is 11.1. The predicted octanol–water partition coefficient (Wildman–Crippen LogP) is -4.95. The molecule has 19 N–H and O–H groups in total. The summed E-state index contributed by atoms with van der Waals surface area (Å²) in [6.45, 7) is 0.574. The highest BCUT2D eigenvalue weighted by molar-refractivity contribution is 8.76. The number of nitrogens with zero attached hydrogens (tertiary/aromatic N) is 2. The van der Waals surface area contributed by atoms with Gasteiger partial charge in [-0.25, -0.2) is 0 Å². The Hall–Kier alpha value is -7.66. The number of carboxylic acid groups (broad SMARTS) is 1. The first-order valence-corrected chi connectivity index (χ1v) is 25.5. The van der Waals surface area contributed by atoms with Gasteiger partial charge in [-0.15, -0.1) is 0 Å². The first kappa shape index (κ1) is 60.6. The van der Waals surface area contributed by atoms with Gasteiger partial charge < -0.3 is 81.0 Å². The Balaban J connectivity index is 2.05. The van der Waals surface area contributed by atoms with Crippen molar-refractivity contribution in [1.29, 1.82) is 0 Å². The zero-order valence-corrected chi connectivity index (χ0v) is 42.2. The minimum atomic E-state index is -1.82. The Morgan fingerprint density at radius 3 is 1.85 bits per heavy atom. The van der Waals surface area contributed by atoms with E-state index in [9.17, 15) is 57.8 Å². The van der Waals surface area contributed by atoms with Crippen LogP contribution in [0.1, 0.15) is 50.2 Å². The molecule has 0 aromatic heterocycles. The normalized spacial score (nSPS) is 21.0. The van der Waals surface area contributed by atoms with E-state index < -0.39 is 139 Å². The van der Waals surface area contributed by atoms with Crippen LogP contribution in [0.3, 0.4) is 0 Å². The molecule has 2 aromatic rings. The molecule has 0 saturated carbocycles. The molecule has 74 heavy (non-hydrogen) atoms. The molecule has 10 amide bonds. The topological polar surface area (TPSA) is 458 Å². The van der Waals surface area contributed by atoms with Gasteiger partial charge in [-0.2, -0.15) is 0 Å². The number of hydrogen-bond acceptors (Lipinski definition) is 16. The molecule has 1 fully saturated rings. The minimum absolute atomic E-state index is 0.0509. The number of amides is 10. The van der Waals surface area contributed by atoms with Gasteiger partial charge in [-0.1, -0.05) is 64.1 Å². The van der Waals surface area contributed by atoms with Gasteiger partial charge >= 0.3 is 5.97 Å². The van der Waals surface area contributed by atoms with E-state index in [-0.39, 0.29) is 55.4 Å². The number of nitrogens with two attached hydrogens (primary N) is 5. The van der Waals surface area contributed by atoms with Gasteiger partial charge in [0.05, 0.1) is 12.5 Å². The molecule has 27 nitrogen and oxygen atoms in total. The lowest BCUT2D eigenvalue weighted by atomic mass is 10.0. The van der Waals surface area contributed by atoms with Crippen LogP contribution in [0, 0.1) is 0 Å². The van der Waals surface area contributed by atoms with Crippen LogP contribution in [-0.4, -0.2) is 166 Å². The second-order valence-electron chi connectivity index (χ2n) is 17.0. The number of aliphatic imine (C=N–C) groups is 1. The van der Waals surface area contributed by atoms with E-state index in [0.29, 0.717) is 11.1 Å². The number of hydrogen-bond donors (Lipinski definition) is 14. The molecule has 1 saturated heterocycles. The quantitative estimate of drug-likeness (QED) is 0.0256. The monoisotopic (exact) mass is 1070 g/mol. The summed E-state index contributed by atoms with van der Waals surface area (Å²) in [7, 11) is 3.13. The molecule has 0 aliphatic carbocycles. The minimum Gasteiger partial charge on any atom is -0.508 e. The zero-order valence-electron chi connectivity index (χ0n) is 40.6. The molecule has 404 valence electrons. The van der Waals surface area contributed by atoms with Crippen molar-refractivity contribution in [3.05, 3.63) is 65.7 Å². The maximum Gasteiger partial charge on any atom is 0.322 e. The SMILES string of the molecule is C[C@H](C(=O)N[C@@H](CCCN=C(N)N)C(=O)NCC(=O)O)N(C)C(=O)[C@@H]1CSSC[C@@H](N)C(=O)N[C@H](Cc2ccc(O)cc2)C(=O)N[C@@H](Cc2ccccc2)C(=O)N[C@H](CCC(N)=O)C(=O)N[C@@H](CC(N)=O)C(=O)N1. The third-order valence-corrected chi connectivity index (χ3v) is 13.5. The molecule has 1 heterocycles. The second kappa shape index (κ2) is 30.4. The molecule has 1 aliphatic rings. The standard InChI is InChI=1S/C45H64N14O13S2/c1-23(37(65)53-28(9-6-16-51-45(49)50)39(67)52-20-36(63)64)59(2)44(72)33-22-74-73-21-27(46)38(66)55-30(18-25-10-12-26(60)13-11-25)42(70)56-31(17-24-7-4-3-5-8-24)41(69)54-29(14-15-34(47)61)40(68)57-32(19-35(48)62)43(71)58-33/h3-5,7-8,10-13,23,27-33,60H,6,9,14-22,46H2,1-2H3,(H2,47,61)(H2,48,62)(H,52,67)(H,53,65)(H,54,69)(H,55,66)(H,56,70)(H,57,68)(H,58,71)(H,63,64)(H4,49,50,51)/t23-,27-,28+,29-,30-,31+,32+,33+/m1/s1. The van der Waals surface area contributed by atoms with Gasteiger partial charge in [0.25, 0.3) is 0 Å². The van der Waals surface area contributed by atoms with Crippen LogP contribution in [-0.2, 0) is 65.6 Å². The van der Waals surface area contributed by atoms with Crippen LogP contribution < -0.4 is 65.9 Å². The highest BCUT2D eigenvalue weighted by atomic mass is 33.1. The highest BCUT2D eigenvalue weighted by Gasteiger charge is 2.36. The number of phenols is 1. The van der Waals surface area contributed by atoms with E-state index in [1.54, 1.807) is 30.3 Å². The Kier molecular flexibility index (Phi) is 24.9. The summed E-state index contributed by atoms with van der Waals surface area (Å²) in [4.78, 5) is 152. The van der Waals surface area contributed by atoms with Gasteiger partial charge in [0.15, 0.2) is 5.96 Å². The first-order chi connectivity index (χ1) is 34.9. The maximum atomic E-state index is 14.3. The molecule has 1 aliphatic heterocycles. The molecule has 0 bridgehead atoms. The Labute approximate surface area is 433 Å². The number of carbonyl (C=O) groups is 11. The number of guanidine groups is 1. The summed E-state index contributed by atoms with van der Waals surface area (Å²) < 4.78 is 0. The fraction of sp³-hybridized carbons (Fsp3) is 0.467. The molecule has 0 radical (unpaired) electrons. The number of phenolic OH excluding ortho intramolecular Hbond substituents is 1. The van der Waals surface area contributed by atoms with Crippen LogP contribution in [0.25, 0.3) is 0 Å². The molecule has 3 rings (SSSR count). The summed E-state index contributed by atoms with van der Waals surface area (Å²) in [6, 6.07) is 2.32. The smallest absolute Gasteiger partial charge is 0.322 e. The predicted molar refractivity (Wildman–Crippen MR) is 271 cm³/mol. The number of rotatable bonds is 20. The summed E-state index contributed by atoms with van der Waals surface area (Å²) >= 11 is 0.